The molecule has 1 aliphatic rings. The fraction of sp³-hybridized carbons (Fsp3) is 0.300. The summed E-state index contributed by atoms with van der Waals surface area (Å²) in [5.41, 5.74) is 5.64. The Morgan fingerprint density at radius 2 is 1.92 bits per heavy atom. The van der Waals surface area contributed by atoms with Crippen LogP contribution in [0, 0.1) is 0 Å². The first-order valence-electron chi connectivity index (χ1n) is 8.48. The zero-order valence-corrected chi connectivity index (χ0v) is 15.3. The molecular weight excluding hydrogens is 352 g/mol. The normalized spacial score (nSPS) is 20.5. The van der Waals surface area contributed by atoms with E-state index in [0.717, 1.165) is 13.0 Å². The molecule has 0 aromatic heterocycles. The van der Waals surface area contributed by atoms with Crippen LogP contribution < -0.4 is 5.73 Å². The van der Waals surface area contributed by atoms with Crippen LogP contribution in [0.15, 0.2) is 48.5 Å². The molecule has 2 N–H and O–H groups in total. The van der Waals surface area contributed by atoms with Crippen molar-refractivity contribution in [1.29, 1.82) is 0 Å². The van der Waals surface area contributed by atoms with Crippen LogP contribution >= 0.6 is 11.6 Å². The number of nitrogens with two attached hydrogens (primary N) is 1. The standard InChI is InChI=1S/C20H21ClN2O3/c1-23-11-5-10-20(13-23,18(24)14-6-3-2-4-7-14)26-19(25)16-9-8-15(22)12-17(16)21/h2-4,6-9,12H,5,10-11,13,22H2,1H3. The van der Waals surface area contributed by atoms with Crippen molar-refractivity contribution < 1.29 is 14.3 Å². The average Bonchev–Trinajstić information content (AvgIpc) is 2.61. The molecule has 1 heterocycles. The Bertz CT molecular complexity index is 825. The third-order valence-corrected chi connectivity index (χ3v) is 4.91. The lowest BCUT2D eigenvalue weighted by molar-refractivity contribution is -0.0364. The van der Waals surface area contributed by atoms with Crippen molar-refractivity contribution in [3.8, 4) is 0 Å². The molecule has 3 rings (SSSR count). The van der Waals surface area contributed by atoms with E-state index in [1.54, 1.807) is 30.3 Å². The number of anilines is 1. The van der Waals surface area contributed by atoms with Crippen LogP contribution in [0.2, 0.25) is 5.02 Å². The summed E-state index contributed by atoms with van der Waals surface area (Å²) in [7, 11) is 1.91. The maximum Gasteiger partial charge on any atom is 0.340 e. The van der Waals surface area contributed by atoms with E-state index in [1.807, 2.05) is 18.0 Å². The fourth-order valence-electron chi connectivity index (χ4n) is 3.33. The molecule has 0 radical (unpaired) electrons. The van der Waals surface area contributed by atoms with Crippen LogP contribution in [-0.4, -0.2) is 42.4 Å². The van der Waals surface area contributed by atoms with Gasteiger partial charge in [0.25, 0.3) is 0 Å². The van der Waals surface area contributed by atoms with Crippen molar-refractivity contribution in [1.82, 2.24) is 4.90 Å². The van der Waals surface area contributed by atoms with Gasteiger partial charge in [0.05, 0.1) is 10.6 Å². The molecule has 0 bridgehead atoms. The van der Waals surface area contributed by atoms with Crippen LogP contribution in [0.3, 0.4) is 0 Å². The molecule has 1 atom stereocenters. The van der Waals surface area contributed by atoms with Gasteiger partial charge in [-0.3, -0.25) is 4.79 Å². The van der Waals surface area contributed by atoms with E-state index in [-0.39, 0.29) is 16.4 Å². The summed E-state index contributed by atoms with van der Waals surface area (Å²) < 4.78 is 5.82. The van der Waals surface area contributed by atoms with Crippen LogP contribution in [0.25, 0.3) is 0 Å². The van der Waals surface area contributed by atoms with Crippen LogP contribution in [0.5, 0.6) is 0 Å². The first-order valence-corrected chi connectivity index (χ1v) is 8.86. The molecule has 26 heavy (non-hydrogen) atoms. The number of hydrogen-bond donors (Lipinski definition) is 1. The quantitative estimate of drug-likeness (QED) is 0.505. The number of ether oxygens (including phenoxy) is 1. The zero-order chi connectivity index (χ0) is 18.7. The number of nitrogen functional groups attached to an aromatic ring is 1. The van der Waals surface area contributed by atoms with Crippen molar-refractivity contribution in [2.24, 2.45) is 0 Å². The maximum atomic E-state index is 13.2. The Morgan fingerprint density at radius 3 is 2.58 bits per heavy atom. The van der Waals surface area contributed by atoms with Gasteiger partial charge in [0, 0.05) is 17.8 Å². The minimum Gasteiger partial charge on any atom is -0.446 e. The van der Waals surface area contributed by atoms with E-state index in [4.69, 9.17) is 22.1 Å². The van der Waals surface area contributed by atoms with Gasteiger partial charge in [-0.05, 0) is 44.6 Å². The summed E-state index contributed by atoms with van der Waals surface area (Å²) in [6.45, 7) is 1.20. The Labute approximate surface area is 157 Å². The average molecular weight is 373 g/mol. The molecule has 5 nitrogen and oxygen atoms in total. The van der Waals surface area contributed by atoms with E-state index in [9.17, 15) is 9.59 Å². The number of hydrogen-bond acceptors (Lipinski definition) is 5. The van der Waals surface area contributed by atoms with Crippen LogP contribution in [-0.2, 0) is 4.74 Å². The number of likely N-dealkylation sites (N-methyl/N-ethyl adjacent to an activating group) is 1. The van der Waals surface area contributed by atoms with E-state index in [2.05, 4.69) is 0 Å². The molecule has 1 unspecified atom stereocenters. The predicted octanol–water partition coefficient (Wildman–Crippen LogP) is 3.43. The minimum atomic E-state index is -1.23. The van der Waals surface area contributed by atoms with Gasteiger partial charge in [0.1, 0.15) is 0 Å². The minimum absolute atomic E-state index is 0.190. The molecule has 0 saturated carbocycles. The highest BCUT2D eigenvalue weighted by Crippen LogP contribution is 2.31. The molecule has 0 amide bonds. The second-order valence-electron chi connectivity index (χ2n) is 6.66. The summed E-state index contributed by atoms with van der Waals surface area (Å²) >= 11 is 6.14. The van der Waals surface area contributed by atoms with Crippen molar-refractivity contribution in [3.05, 3.63) is 64.7 Å². The summed E-state index contributed by atoms with van der Waals surface area (Å²) in [5, 5.41) is 0.210. The lowest BCUT2D eigenvalue weighted by Crippen LogP contribution is -2.54. The van der Waals surface area contributed by atoms with Gasteiger partial charge in [0.15, 0.2) is 5.60 Å². The monoisotopic (exact) mass is 372 g/mol. The van der Waals surface area contributed by atoms with Crippen molar-refractivity contribution in [2.75, 3.05) is 25.9 Å². The van der Waals surface area contributed by atoms with E-state index in [1.165, 1.54) is 12.1 Å². The molecule has 2 aromatic carbocycles. The summed E-state index contributed by atoms with van der Waals surface area (Å²) in [4.78, 5) is 28.0. The van der Waals surface area contributed by atoms with Crippen molar-refractivity contribution >= 4 is 29.0 Å². The van der Waals surface area contributed by atoms with E-state index >= 15 is 0 Å². The lowest BCUT2D eigenvalue weighted by atomic mass is 9.85. The van der Waals surface area contributed by atoms with Gasteiger partial charge in [-0.25, -0.2) is 4.79 Å². The maximum absolute atomic E-state index is 13.2. The zero-order valence-electron chi connectivity index (χ0n) is 14.6. The molecule has 136 valence electrons. The third kappa shape index (κ3) is 3.74. The SMILES string of the molecule is CN1CCCC(OC(=O)c2ccc(N)cc2Cl)(C(=O)c2ccccc2)C1. The lowest BCUT2D eigenvalue weighted by Gasteiger charge is -2.39. The Morgan fingerprint density at radius 1 is 1.19 bits per heavy atom. The number of halogens is 1. The van der Waals surface area contributed by atoms with E-state index < -0.39 is 11.6 Å². The summed E-state index contributed by atoms with van der Waals surface area (Å²) in [6, 6.07) is 13.5. The summed E-state index contributed by atoms with van der Waals surface area (Å²) in [6.07, 6.45) is 1.24. The Hall–Kier alpha value is -2.37. The number of Topliss-reactive ketones (excluding diaryl/α,β-unsaturated/α-hetero) is 1. The highest BCUT2D eigenvalue weighted by molar-refractivity contribution is 6.33. The first kappa shape index (κ1) is 18.4. The van der Waals surface area contributed by atoms with Gasteiger partial charge in [-0.1, -0.05) is 41.9 Å². The molecule has 1 aliphatic heterocycles. The number of piperidine rings is 1. The predicted molar refractivity (Wildman–Crippen MR) is 102 cm³/mol. The fourth-order valence-corrected chi connectivity index (χ4v) is 3.59. The molecule has 1 fully saturated rings. The number of rotatable bonds is 4. The number of carbonyl (C=O) groups excluding carboxylic acids is 2. The Balaban J connectivity index is 1.94. The van der Waals surface area contributed by atoms with Crippen molar-refractivity contribution in [2.45, 2.75) is 18.4 Å². The third-order valence-electron chi connectivity index (χ3n) is 4.60. The van der Waals surface area contributed by atoms with E-state index in [0.29, 0.717) is 24.2 Å². The molecule has 0 spiro atoms. The van der Waals surface area contributed by atoms with Gasteiger partial charge in [-0.2, -0.15) is 0 Å². The largest absolute Gasteiger partial charge is 0.446 e. The number of benzene rings is 2. The molecule has 2 aromatic rings. The van der Waals surface area contributed by atoms with Crippen LogP contribution in [0.1, 0.15) is 33.6 Å². The number of ketones is 1. The molecule has 6 heteroatoms. The van der Waals surface area contributed by atoms with Gasteiger partial charge < -0.3 is 15.4 Å². The second kappa shape index (κ2) is 7.48. The van der Waals surface area contributed by atoms with Crippen LogP contribution in [0.4, 0.5) is 5.69 Å². The number of carbonyl (C=O) groups is 2. The van der Waals surface area contributed by atoms with Gasteiger partial charge in [-0.15, -0.1) is 0 Å². The molecular formula is C20H21ClN2O3. The van der Waals surface area contributed by atoms with Crippen molar-refractivity contribution in [3.63, 3.8) is 0 Å². The smallest absolute Gasteiger partial charge is 0.340 e. The number of esters is 1. The second-order valence-corrected chi connectivity index (χ2v) is 7.07. The molecule has 1 saturated heterocycles. The number of likely N-dealkylation sites (tertiary alicyclic amines) is 1. The molecule has 0 aliphatic carbocycles. The Kier molecular flexibility index (Phi) is 5.30. The highest BCUT2D eigenvalue weighted by Gasteiger charge is 2.45. The highest BCUT2D eigenvalue weighted by atomic mass is 35.5. The first-order chi connectivity index (χ1) is 12.4. The van der Waals surface area contributed by atoms with Gasteiger partial charge in [0.2, 0.25) is 5.78 Å². The number of nitrogens with zero attached hydrogens (tertiary/aromatic N) is 1. The topological polar surface area (TPSA) is 72.6 Å². The van der Waals surface area contributed by atoms with Gasteiger partial charge >= 0.3 is 5.97 Å². The summed E-state index contributed by atoms with van der Waals surface area (Å²) in [5.74, 6) is -0.806.